The summed E-state index contributed by atoms with van der Waals surface area (Å²) in [7, 11) is 3.00. The Labute approximate surface area is 178 Å². The highest BCUT2D eigenvalue weighted by Gasteiger charge is 2.41. The molecule has 1 aliphatic rings. The second kappa shape index (κ2) is 8.31. The number of hydrogen-bond donors (Lipinski definition) is 1. The Balaban J connectivity index is 1.85. The molecule has 0 bridgehead atoms. The maximum absolute atomic E-state index is 13.5. The van der Waals surface area contributed by atoms with E-state index in [1.807, 2.05) is 0 Å². The summed E-state index contributed by atoms with van der Waals surface area (Å²) in [6, 6.07) is 19.2. The first kappa shape index (κ1) is 20.2. The third-order valence-corrected chi connectivity index (χ3v) is 4.89. The average molecular weight is 418 g/mol. The summed E-state index contributed by atoms with van der Waals surface area (Å²) in [4.78, 5) is 28.0. The van der Waals surface area contributed by atoms with Crippen molar-refractivity contribution in [2.75, 3.05) is 24.4 Å². The fraction of sp³-hybridized carbons (Fsp3) is 0.0833. The largest absolute Gasteiger partial charge is 0.497 e. The van der Waals surface area contributed by atoms with Crippen molar-refractivity contribution in [1.29, 1.82) is 0 Å². The minimum absolute atomic E-state index is 0.0731. The third-order valence-electron chi connectivity index (χ3n) is 4.89. The molecule has 0 unspecified atom stereocenters. The molecule has 0 saturated carbocycles. The highest BCUT2D eigenvalue weighted by Crippen LogP contribution is 2.38. The van der Waals surface area contributed by atoms with Crippen molar-refractivity contribution in [2.45, 2.75) is 0 Å². The van der Waals surface area contributed by atoms with Crippen LogP contribution in [0.1, 0.15) is 5.56 Å². The summed E-state index contributed by atoms with van der Waals surface area (Å²) in [5.41, 5.74) is 1.55. The molecule has 3 aromatic rings. The van der Waals surface area contributed by atoms with E-state index in [0.29, 0.717) is 28.4 Å². The van der Waals surface area contributed by atoms with Gasteiger partial charge in [-0.1, -0.05) is 24.3 Å². The van der Waals surface area contributed by atoms with Gasteiger partial charge < -0.3 is 14.8 Å². The van der Waals surface area contributed by atoms with E-state index in [1.54, 1.807) is 48.5 Å². The molecular formula is C24H19FN2O4. The summed E-state index contributed by atoms with van der Waals surface area (Å²) < 4.78 is 24.0. The topological polar surface area (TPSA) is 67.9 Å². The molecule has 156 valence electrons. The van der Waals surface area contributed by atoms with Crippen LogP contribution < -0.4 is 19.7 Å². The summed E-state index contributed by atoms with van der Waals surface area (Å²) in [5.74, 6) is -0.492. The van der Waals surface area contributed by atoms with Crippen LogP contribution in [-0.2, 0) is 9.59 Å². The molecule has 1 N–H and O–H groups in total. The molecule has 1 aliphatic heterocycles. The van der Waals surface area contributed by atoms with Gasteiger partial charge in [0.1, 0.15) is 23.0 Å². The van der Waals surface area contributed by atoms with E-state index in [2.05, 4.69) is 5.32 Å². The molecule has 0 saturated heterocycles. The van der Waals surface area contributed by atoms with Crippen LogP contribution in [0, 0.1) is 5.82 Å². The van der Waals surface area contributed by atoms with E-state index in [0.717, 1.165) is 4.90 Å². The molecule has 31 heavy (non-hydrogen) atoms. The van der Waals surface area contributed by atoms with Crippen LogP contribution in [0.5, 0.6) is 11.5 Å². The molecule has 0 aliphatic carbocycles. The lowest BCUT2D eigenvalue weighted by Crippen LogP contribution is -2.32. The van der Waals surface area contributed by atoms with Crippen molar-refractivity contribution in [3.05, 3.63) is 89.9 Å². The summed E-state index contributed by atoms with van der Waals surface area (Å²) in [6.07, 6.45) is 0. The number of para-hydroxylation sites is 1. The van der Waals surface area contributed by atoms with Crippen LogP contribution in [0.3, 0.4) is 0 Å². The van der Waals surface area contributed by atoms with E-state index in [4.69, 9.17) is 9.47 Å². The lowest BCUT2D eigenvalue weighted by Gasteiger charge is -2.16. The van der Waals surface area contributed by atoms with E-state index in [1.165, 1.54) is 38.5 Å². The number of carbonyl (C=O) groups is 2. The van der Waals surface area contributed by atoms with Crippen molar-refractivity contribution in [1.82, 2.24) is 0 Å². The van der Waals surface area contributed by atoms with Gasteiger partial charge in [-0.05, 0) is 42.5 Å². The van der Waals surface area contributed by atoms with Crippen LogP contribution in [0.25, 0.3) is 5.57 Å². The normalized spacial score (nSPS) is 13.6. The molecule has 0 spiro atoms. The van der Waals surface area contributed by atoms with Gasteiger partial charge in [0.2, 0.25) is 0 Å². The predicted molar refractivity (Wildman–Crippen MR) is 115 cm³/mol. The molecule has 7 heteroatoms. The van der Waals surface area contributed by atoms with E-state index in [9.17, 15) is 14.0 Å². The fourth-order valence-corrected chi connectivity index (χ4v) is 3.41. The monoisotopic (exact) mass is 418 g/mol. The van der Waals surface area contributed by atoms with Crippen molar-refractivity contribution >= 4 is 28.8 Å². The second-order valence-electron chi connectivity index (χ2n) is 6.73. The number of benzene rings is 3. The lowest BCUT2D eigenvalue weighted by atomic mass is 10.0. The SMILES string of the molecule is COc1cccc(N2C(=O)C(Nc3ccc(F)cc3)=C(c3ccccc3OC)C2=O)c1. The van der Waals surface area contributed by atoms with Gasteiger partial charge in [0.05, 0.1) is 25.5 Å². The number of imide groups is 1. The van der Waals surface area contributed by atoms with Gasteiger partial charge in [0.15, 0.2) is 0 Å². The standard InChI is InChI=1S/C24H19FN2O4/c1-30-18-7-5-6-17(14-18)27-23(28)21(19-8-3-4-9-20(19)31-2)22(24(27)29)26-16-12-10-15(25)11-13-16/h3-14,26H,1-2H3. The summed E-state index contributed by atoms with van der Waals surface area (Å²) in [5, 5.41) is 2.99. The van der Waals surface area contributed by atoms with E-state index >= 15 is 0 Å². The number of carbonyl (C=O) groups excluding carboxylic acids is 2. The smallest absolute Gasteiger partial charge is 0.282 e. The van der Waals surface area contributed by atoms with Crippen molar-refractivity contribution in [3.8, 4) is 11.5 Å². The summed E-state index contributed by atoms with van der Waals surface area (Å²) in [6.45, 7) is 0. The number of halogens is 1. The minimum Gasteiger partial charge on any atom is -0.497 e. The van der Waals surface area contributed by atoms with Gasteiger partial charge >= 0.3 is 0 Å². The minimum atomic E-state index is -0.538. The fourth-order valence-electron chi connectivity index (χ4n) is 3.41. The number of amides is 2. The highest BCUT2D eigenvalue weighted by atomic mass is 19.1. The van der Waals surface area contributed by atoms with Crippen molar-refractivity contribution < 1.29 is 23.5 Å². The number of anilines is 2. The Morgan fingerprint density at radius 1 is 0.839 bits per heavy atom. The van der Waals surface area contributed by atoms with Gasteiger partial charge in [0, 0.05) is 17.3 Å². The van der Waals surface area contributed by atoms with Crippen molar-refractivity contribution in [2.24, 2.45) is 0 Å². The molecule has 2 amide bonds. The van der Waals surface area contributed by atoms with E-state index < -0.39 is 17.6 Å². The molecule has 6 nitrogen and oxygen atoms in total. The molecule has 0 atom stereocenters. The molecular weight excluding hydrogens is 399 g/mol. The third kappa shape index (κ3) is 3.73. The second-order valence-corrected chi connectivity index (χ2v) is 6.73. The zero-order chi connectivity index (χ0) is 22.0. The molecule has 1 heterocycles. The Bertz CT molecular complexity index is 1190. The molecule has 0 aromatic heterocycles. The zero-order valence-electron chi connectivity index (χ0n) is 16.9. The van der Waals surface area contributed by atoms with Crippen LogP contribution in [0.4, 0.5) is 15.8 Å². The Morgan fingerprint density at radius 3 is 2.29 bits per heavy atom. The van der Waals surface area contributed by atoms with Crippen LogP contribution in [0.15, 0.2) is 78.5 Å². The number of nitrogens with zero attached hydrogens (tertiary/aromatic N) is 1. The van der Waals surface area contributed by atoms with E-state index in [-0.39, 0.29) is 11.3 Å². The first-order valence-corrected chi connectivity index (χ1v) is 9.46. The van der Waals surface area contributed by atoms with Crippen molar-refractivity contribution in [3.63, 3.8) is 0 Å². The average Bonchev–Trinajstić information content (AvgIpc) is 3.04. The zero-order valence-corrected chi connectivity index (χ0v) is 16.9. The molecule has 4 rings (SSSR count). The van der Waals surface area contributed by atoms with Gasteiger partial charge in [-0.3, -0.25) is 9.59 Å². The quantitative estimate of drug-likeness (QED) is 0.607. The number of hydrogen-bond acceptors (Lipinski definition) is 5. The predicted octanol–water partition coefficient (Wildman–Crippen LogP) is 4.24. The highest BCUT2D eigenvalue weighted by molar-refractivity contribution is 6.46. The van der Waals surface area contributed by atoms with Crippen LogP contribution in [0.2, 0.25) is 0 Å². The molecule has 0 fully saturated rings. The molecule has 0 radical (unpaired) electrons. The maximum atomic E-state index is 13.5. The summed E-state index contributed by atoms with van der Waals surface area (Å²) >= 11 is 0. The molecule has 3 aromatic carbocycles. The number of ether oxygens (including phenoxy) is 2. The Kier molecular flexibility index (Phi) is 5.41. The number of rotatable bonds is 6. The van der Waals surface area contributed by atoms with Crippen LogP contribution in [-0.4, -0.2) is 26.0 Å². The maximum Gasteiger partial charge on any atom is 0.282 e. The van der Waals surface area contributed by atoms with Crippen LogP contribution >= 0.6 is 0 Å². The van der Waals surface area contributed by atoms with Gasteiger partial charge in [-0.15, -0.1) is 0 Å². The number of methoxy groups -OCH3 is 2. The first-order chi connectivity index (χ1) is 15.0. The number of nitrogens with one attached hydrogen (secondary N) is 1. The Morgan fingerprint density at radius 2 is 1.58 bits per heavy atom. The Hall–Kier alpha value is -4.13. The first-order valence-electron chi connectivity index (χ1n) is 9.46. The van der Waals surface area contributed by atoms with Gasteiger partial charge in [-0.25, -0.2) is 9.29 Å². The van der Waals surface area contributed by atoms with Gasteiger partial charge in [-0.2, -0.15) is 0 Å². The lowest BCUT2D eigenvalue weighted by molar-refractivity contribution is -0.120. The van der Waals surface area contributed by atoms with Gasteiger partial charge in [0.25, 0.3) is 11.8 Å².